The molecule has 1 aliphatic carbocycles. The molecule has 1 saturated carbocycles. The standard InChI is InChI=1S/C13H26N2O2/c1-17-10-12(14)8-9-15-13(16)11-6-4-2-3-5-7-11/h11-12H,2-10,14H2,1H3,(H,15,16). The molecular formula is C13H26N2O2. The van der Waals surface area contributed by atoms with Crippen LogP contribution >= 0.6 is 0 Å². The van der Waals surface area contributed by atoms with Gasteiger partial charge in [-0.15, -0.1) is 0 Å². The molecule has 1 aliphatic rings. The molecule has 0 aliphatic heterocycles. The Morgan fingerprint density at radius 1 is 1.35 bits per heavy atom. The van der Waals surface area contributed by atoms with Crippen LogP contribution in [0, 0.1) is 5.92 Å². The maximum Gasteiger partial charge on any atom is 0.223 e. The Labute approximate surface area is 104 Å². The van der Waals surface area contributed by atoms with E-state index in [1.165, 1.54) is 25.7 Å². The number of hydrogen-bond acceptors (Lipinski definition) is 3. The molecule has 4 nitrogen and oxygen atoms in total. The summed E-state index contributed by atoms with van der Waals surface area (Å²) in [5.41, 5.74) is 5.80. The van der Waals surface area contributed by atoms with E-state index in [9.17, 15) is 4.79 Å². The highest BCUT2D eigenvalue weighted by atomic mass is 16.5. The number of hydrogen-bond donors (Lipinski definition) is 2. The molecule has 0 aromatic rings. The molecule has 0 radical (unpaired) electrons. The fourth-order valence-corrected chi connectivity index (χ4v) is 2.36. The van der Waals surface area contributed by atoms with E-state index in [4.69, 9.17) is 10.5 Å². The molecule has 1 fully saturated rings. The van der Waals surface area contributed by atoms with Crippen LogP contribution in [0.1, 0.15) is 44.9 Å². The second-order valence-corrected chi connectivity index (χ2v) is 4.98. The monoisotopic (exact) mass is 242 g/mol. The van der Waals surface area contributed by atoms with Gasteiger partial charge in [-0.25, -0.2) is 0 Å². The molecule has 0 saturated heterocycles. The Hall–Kier alpha value is -0.610. The van der Waals surface area contributed by atoms with Crippen molar-refractivity contribution in [2.75, 3.05) is 20.3 Å². The number of nitrogens with two attached hydrogens (primary N) is 1. The Bertz CT molecular complexity index is 213. The van der Waals surface area contributed by atoms with E-state index in [0.29, 0.717) is 13.2 Å². The molecule has 4 heteroatoms. The lowest BCUT2D eigenvalue weighted by molar-refractivity contribution is -0.125. The zero-order valence-corrected chi connectivity index (χ0v) is 10.9. The van der Waals surface area contributed by atoms with Crippen LogP contribution in [-0.2, 0) is 9.53 Å². The molecule has 0 bridgehead atoms. The average Bonchev–Trinajstić information content (AvgIpc) is 2.57. The van der Waals surface area contributed by atoms with Gasteiger partial charge in [0.25, 0.3) is 0 Å². The van der Waals surface area contributed by atoms with Gasteiger partial charge in [0.15, 0.2) is 0 Å². The van der Waals surface area contributed by atoms with Crippen LogP contribution in [-0.4, -0.2) is 32.2 Å². The Balaban J connectivity index is 2.15. The number of nitrogens with one attached hydrogen (secondary N) is 1. The van der Waals surface area contributed by atoms with Crippen molar-refractivity contribution >= 4 is 5.91 Å². The van der Waals surface area contributed by atoms with Crippen molar-refractivity contribution in [3.05, 3.63) is 0 Å². The lowest BCUT2D eigenvalue weighted by atomic mass is 9.99. The summed E-state index contributed by atoms with van der Waals surface area (Å²) in [4.78, 5) is 11.9. The molecule has 100 valence electrons. The second-order valence-electron chi connectivity index (χ2n) is 4.98. The topological polar surface area (TPSA) is 64.3 Å². The largest absolute Gasteiger partial charge is 0.383 e. The van der Waals surface area contributed by atoms with Crippen molar-refractivity contribution in [2.24, 2.45) is 11.7 Å². The molecule has 0 aromatic heterocycles. The van der Waals surface area contributed by atoms with E-state index in [-0.39, 0.29) is 17.9 Å². The van der Waals surface area contributed by atoms with Gasteiger partial charge >= 0.3 is 0 Å². The van der Waals surface area contributed by atoms with Gasteiger partial charge in [0.05, 0.1) is 6.61 Å². The van der Waals surface area contributed by atoms with Gasteiger partial charge in [-0.05, 0) is 19.3 Å². The maximum absolute atomic E-state index is 11.9. The van der Waals surface area contributed by atoms with Crippen molar-refractivity contribution in [3.8, 4) is 0 Å². The quantitative estimate of drug-likeness (QED) is 0.693. The Morgan fingerprint density at radius 3 is 2.59 bits per heavy atom. The third-order valence-electron chi connectivity index (χ3n) is 3.42. The minimum absolute atomic E-state index is 0.0226. The highest BCUT2D eigenvalue weighted by Gasteiger charge is 2.19. The normalized spacial score (nSPS) is 19.6. The van der Waals surface area contributed by atoms with Gasteiger partial charge in [-0.2, -0.15) is 0 Å². The molecule has 0 aromatic carbocycles. The van der Waals surface area contributed by atoms with Crippen LogP contribution in [0.15, 0.2) is 0 Å². The zero-order chi connectivity index (χ0) is 12.5. The molecule has 0 spiro atoms. The lowest BCUT2D eigenvalue weighted by Gasteiger charge is -2.15. The molecule has 1 atom stereocenters. The van der Waals surface area contributed by atoms with Crippen LogP contribution in [0.5, 0.6) is 0 Å². The first kappa shape index (κ1) is 14.5. The predicted octanol–water partition coefficient (Wildman–Crippen LogP) is 1.44. The third kappa shape index (κ3) is 6.03. The minimum Gasteiger partial charge on any atom is -0.383 e. The number of rotatable bonds is 6. The molecule has 3 N–H and O–H groups in total. The van der Waals surface area contributed by atoms with Crippen molar-refractivity contribution in [2.45, 2.75) is 51.0 Å². The molecule has 1 rings (SSSR count). The lowest BCUT2D eigenvalue weighted by Crippen LogP contribution is -2.35. The van der Waals surface area contributed by atoms with Crippen molar-refractivity contribution in [3.63, 3.8) is 0 Å². The van der Waals surface area contributed by atoms with E-state index < -0.39 is 0 Å². The summed E-state index contributed by atoms with van der Waals surface area (Å²) in [5, 5.41) is 2.99. The van der Waals surface area contributed by atoms with Crippen LogP contribution in [0.3, 0.4) is 0 Å². The fraction of sp³-hybridized carbons (Fsp3) is 0.923. The van der Waals surface area contributed by atoms with Crippen LogP contribution in [0.25, 0.3) is 0 Å². The molecule has 1 amide bonds. The van der Waals surface area contributed by atoms with Crippen LogP contribution in [0.4, 0.5) is 0 Å². The first-order chi connectivity index (χ1) is 8.24. The summed E-state index contributed by atoms with van der Waals surface area (Å²) in [6.45, 7) is 1.22. The van der Waals surface area contributed by atoms with Crippen LogP contribution < -0.4 is 11.1 Å². The van der Waals surface area contributed by atoms with E-state index in [1.54, 1.807) is 7.11 Å². The summed E-state index contributed by atoms with van der Waals surface area (Å²) >= 11 is 0. The fourth-order valence-electron chi connectivity index (χ4n) is 2.36. The van der Waals surface area contributed by atoms with Gasteiger partial charge in [0, 0.05) is 25.6 Å². The molecule has 1 unspecified atom stereocenters. The first-order valence-corrected chi connectivity index (χ1v) is 6.76. The number of carbonyl (C=O) groups excluding carboxylic acids is 1. The molecule has 17 heavy (non-hydrogen) atoms. The van der Waals surface area contributed by atoms with Gasteiger partial charge in [-0.3, -0.25) is 4.79 Å². The third-order valence-corrected chi connectivity index (χ3v) is 3.42. The Kier molecular flexibility index (Phi) is 7.21. The van der Waals surface area contributed by atoms with E-state index in [0.717, 1.165) is 19.3 Å². The summed E-state index contributed by atoms with van der Waals surface area (Å²) < 4.78 is 4.96. The molecular weight excluding hydrogens is 216 g/mol. The first-order valence-electron chi connectivity index (χ1n) is 6.76. The highest BCUT2D eigenvalue weighted by Crippen LogP contribution is 2.22. The van der Waals surface area contributed by atoms with Crippen molar-refractivity contribution in [1.29, 1.82) is 0 Å². The average molecular weight is 242 g/mol. The van der Waals surface area contributed by atoms with Gasteiger partial charge in [0.1, 0.15) is 0 Å². The number of carbonyl (C=O) groups is 1. The summed E-state index contributed by atoms with van der Waals surface area (Å²) in [5.74, 6) is 0.452. The number of amides is 1. The number of ether oxygens (including phenoxy) is 1. The van der Waals surface area contributed by atoms with E-state index >= 15 is 0 Å². The number of methoxy groups -OCH3 is 1. The maximum atomic E-state index is 11.9. The second kappa shape index (κ2) is 8.48. The summed E-state index contributed by atoms with van der Waals surface area (Å²) in [6, 6.07) is 0.0226. The molecule has 0 heterocycles. The van der Waals surface area contributed by atoms with Gasteiger partial charge in [0.2, 0.25) is 5.91 Å². The summed E-state index contributed by atoms with van der Waals surface area (Å²) in [7, 11) is 1.64. The SMILES string of the molecule is COCC(N)CCNC(=O)C1CCCCCC1. The summed E-state index contributed by atoms with van der Waals surface area (Å²) in [6.07, 6.45) is 7.84. The van der Waals surface area contributed by atoms with Gasteiger partial charge in [-0.1, -0.05) is 25.7 Å². The van der Waals surface area contributed by atoms with E-state index in [2.05, 4.69) is 5.32 Å². The zero-order valence-electron chi connectivity index (χ0n) is 10.9. The predicted molar refractivity (Wildman–Crippen MR) is 68.7 cm³/mol. The minimum atomic E-state index is 0.0226. The van der Waals surface area contributed by atoms with E-state index in [1.807, 2.05) is 0 Å². The van der Waals surface area contributed by atoms with Crippen LogP contribution in [0.2, 0.25) is 0 Å². The van der Waals surface area contributed by atoms with Crippen molar-refractivity contribution < 1.29 is 9.53 Å². The highest BCUT2D eigenvalue weighted by molar-refractivity contribution is 5.78. The van der Waals surface area contributed by atoms with Crippen molar-refractivity contribution in [1.82, 2.24) is 5.32 Å². The Morgan fingerprint density at radius 2 is 2.00 bits per heavy atom. The van der Waals surface area contributed by atoms with Gasteiger partial charge < -0.3 is 15.8 Å². The smallest absolute Gasteiger partial charge is 0.223 e.